The third-order valence-electron chi connectivity index (χ3n) is 3.98. The van der Waals surface area contributed by atoms with E-state index in [4.69, 9.17) is 4.74 Å². The number of para-hydroxylation sites is 2. The molecule has 0 bridgehead atoms. The van der Waals surface area contributed by atoms with E-state index in [9.17, 15) is 9.59 Å². The van der Waals surface area contributed by atoms with Crippen LogP contribution in [0.2, 0.25) is 0 Å². The van der Waals surface area contributed by atoms with Crippen LogP contribution in [-0.4, -0.2) is 27.7 Å². The number of ketones is 1. The number of fused-ring (bicyclic) bond motifs is 1. The molecule has 134 valence electrons. The van der Waals surface area contributed by atoms with E-state index in [0.717, 1.165) is 0 Å². The van der Waals surface area contributed by atoms with Crippen molar-refractivity contribution in [2.45, 2.75) is 25.5 Å². The number of aromatic nitrogens is 2. The van der Waals surface area contributed by atoms with Crippen LogP contribution in [0.4, 0.5) is 0 Å². The first-order valence-corrected chi connectivity index (χ1v) is 9.45. The van der Waals surface area contributed by atoms with Crippen LogP contribution in [0.25, 0.3) is 10.9 Å². The summed E-state index contributed by atoms with van der Waals surface area (Å²) in [5, 5.41) is 1.31. The molecule has 0 spiro atoms. The van der Waals surface area contributed by atoms with Crippen molar-refractivity contribution in [3.63, 3.8) is 0 Å². The Balaban J connectivity index is 1.73. The molecule has 0 aliphatic carbocycles. The Kier molecular flexibility index (Phi) is 5.73. The van der Waals surface area contributed by atoms with Gasteiger partial charge in [0.1, 0.15) is 5.75 Å². The number of Topliss-reactive ketones (excluding diaryl/α,β-unsaturated/α-hetero) is 1. The Morgan fingerprint density at radius 2 is 1.88 bits per heavy atom. The van der Waals surface area contributed by atoms with Gasteiger partial charge in [0, 0.05) is 12.3 Å². The first kappa shape index (κ1) is 18.2. The van der Waals surface area contributed by atoms with Gasteiger partial charge in [0.25, 0.3) is 5.56 Å². The van der Waals surface area contributed by atoms with Crippen molar-refractivity contribution in [2.24, 2.45) is 0 Å². The smallest absolute Gasteiger partial charge is 0.262 e. The van der Waals surface area contributed by atoms with Crippen LogP contribution in [-0.2, 0) is 6.54 Å². The lowest BCUT2D eigenvalue weighted by atomic mass is 10.1. The molecular formula is C20H20N2O3S. The Hall–Kier alpha value is -2.60. The van der Waals surface area contributed by atoms with Gasteiger partial charge < -0.3 is 4.74 Å². The highest BCUT2D eigenvalue weighted by atomic mass is 32.2. The topological polar surface area (TPSA) is 61.2 Å². The van der Waals surface area contributed by atoms with E-state index in [0.29, 0.717) is 46.3 Å². The van der Waals surface area contributed by atoms with Crippen molar-refractivity contribution in [2.75, 3.05) is 12.4 Å². The zero-order valence-corrected chi connectivity index (χ0v) is 15.6. The second kappa shape index (κ2) is 8.19. The fraction of sp³-hybridized carbons (Fsp3) is 0.250. The number of hydrogen-bond donors (Lipinski definition) is 0. The van der Waals surface area contributed by atoms with Gasteiger partial charge in [-0.3, -0.25) is 14.2 Å². The quantitative estimate of drug-likeness (QED) is 0.275. The molecule has 0 unspecified atom stereocenters. The molecule has 1 heterocycles. The lowest BCUT2D eigenvalue weighted by Crippen LogP contribution is -2.22. The highest BCUT2D eigenvalue weighted by molar-refractivity contribution is 7.99. The predicted octanol–water partition coefficient (Wildman–Crippen LogP) is 3.79. The maximum atomic E-state index is 12.6. The summed E-state index contributed by atoms with van der Waals surface area (Å²) in [7, 11) is 0. The van der Waals surface area contributed by atoms with Crippen LogP contribution in [0.3, 0.4) is 0 Å². The summed E-state index contributed by atoms with van der Waals surface area (Å²) in [6.45, 7) is 4.44. The van der Waals surface area contributed by atoms with E-state index < -0.39 is 0 Å². The summed E-state index contributed by atoms with van der Waals surface area (Å²) in [6.07, 6.45) is 0. The van der Waals surface area contributed by atoms with Crippen LogP contribution in [0.1, 0.15) is 24.2 Å². The maximum Gasteiger partial charge on any atom is 0.262 e. The van der Waals surface area contributed by atoms with Crippen molar-refractivity contribution in [1.82, 2.24) is 9.55 Å². The lowest BCUT2D eigenvalue weighted by Gasteiger charge is -2.12. The van der Waals surface area contributed by atoms with Crippen LogP contribution >= 0.6 is 11.8 Å². The predicted molar refractivity (Wildman–Crippen MR) is 104 cm³/mol. The third kappa shape index (κ3) is 3.80. The molecule has 0 aliphatic heterocycles. The maximum absolute atomic E-state index is 12.6. The molecule has 0 saturated carbocycles. The SMILES string of the molecule is CCn1c(SCCOc2ccccc2C(C)=O)nc2ccccc2c1=O. The van der Waals surface area contributed by atoms with Crippen molar-refractivity contribution < 1.29 is 9.53 Å². The minimum Gasteiger partial charge on any atom is -0.492 e. The van der Waals surface area contributed by atoms with Gasteiger partial charge in [0.15, 0.2) is 10.9 Å². The molecule has 5 nitrogen and oxygen atoms in total. The van der Waals surface area contributed by atoms with Crippen LogP contribution in [0.15, 0.2) is 58.5 Å². The molecule has 1 aromatic heterocycles. The van der Waals surface area contributed by atoms with Crippen molar-refractivity contribution in [3.05, 3.63) is 64.4 Å². The molecule has 0 saturated heterocycles. The van der Waals surface area contributed by atoms with E-state index in [2.05, 4.69) is 4.98 Å². The summed E-state index contributed by atoms with van der Waals surface area (Å²) in [5.74, 6) is 1.18. The van der Waals surface area contributed by atoms with E-state index >= 15 is 0 Å². The summed E-state index contributed by atoms with van der Waals surface area (Å²) in [6, 6.07) is 14.6. The van der Waals surface area contributed by atoms with E-state index in [1.165, 1.54) is 18.7 Å². The number of thioether (sulfide) groups is 1. The minimum absolute atomic E-state index is 0.0238. The Morgan fingerprint density at radius 1 is 1.15 bits per heavy atom. The zero-order chi connectivity index (χ0) is 18.5. The highest BCUT2D eigenvalue weighted by Gasteiger charge is 2.11. The van der Waals surface area contributed by atoms with Gasteiger partial charge in [0.05, 0.1) is 23.1 Å². The van der Waals surface area contributed by atoms with Crippen LogP contribution < -0.4 is 10.3 Å². The fourth-order valence-electron chi connectivity index (χ4n) is 2.70. The standard InChI is InChI=1S/C20H20N2O3S/c1-3-22-19(24)16-9-4-6-10-17(16)21-20(22)26-13-12-25-18-11-7-5-8-15(18)14(2)23/h4-11H,3,12-13H2,1-2H3. The number of nitrogens with zero attached hydrogens (tertiary/aromatic N) is 2. The second-order valence-corrected chi connectivity index (χ2v) is 6.77. The number of ether oxygens (including phenoxy) is 1. The van der Waals surface area contributed by atoms with Gasteiger partial charge in [-0.05, 0) is 38.1 Å². The number of carbonyl (C=O) groups excluding carboxylic acids is 1. The normalized spacial score (nSPS) is 10.8. The van der Waals surface area contributed by atoms with Crippen molar-refractivity contribution >= 4 is 28.4 Å². The zero-order valence-electron chi connectivity index (χ0n) is 14.8. The minimum atomic E-state index is -0.0246. The van der Waals surface area contributed by atoms with Crippen molar-refractivity contribution in [3.8, 4) is 5.75 Å². The molecule has 6 heteroatoms. The largest absolute Gasteiger partial charge is 0.492 e. The average molecular weight is 368 g/mol. The lowest BCUT2D eigenvalue weighted by molar-refractivity contribution is 0.101. The molecule has 0 atom stereocenters. The van der Waals surface area contributed by atoms with Gasteiger partial charge in [-0.25, -0.2) is 4.98 Å². The summed E-state index contributed by atoms with van der Waals surface area (Å²) < 4.78 is 7.43. The highest BCUT2D eigenvalue weighted by Crippen LogP contribution is 2.21. The van der Waals surface area contributed by atoms with E-state index in [1.807, 2.05) is 37.3 Å². The summed E-state index contributed by atoms with van der Waals surface area (Å²) in [4.78, 5) is 28.8. The van der Waals surface area contributed by atoms with Gasteiger partial charge in [-0.2, -0.15) is 0 Å². The molecule has 0 N–H and O–H groups in total. The number of rotatable bonds is 7. The van der Waals surface area contributed by atoms with Crippen molar-refractivity contribution in [1.29, 1.82) is 0 Å². The Bertz CT molecular complexity index is 998. The molecule has 3 aromatic rings. The molecule has 2 aromatic carbocycles. The molecule has 0 aliphatic rings. The number of carbonyl (C=O) groups is 1. The van der Waals surface area contributed by atoms with Gasteiger partial charge >= 0.3 is 0 Å². The summed E-state index contributed by atoms with van der Waals surface area (Å²) >= 11 is 1.48. The molecular weight excluding hydrogens is 348 g/mol. The number of benzene rings is 2. The Labute approximate surface area is 156 Å². The van der Waals surface area contributed by atoms with E-state index in [-0.39, 0.29) is 11.3 Å². The number of hydrogen-bond acceptors (Lipinski definition) is 5. The Morgan fingerprint density at radius 3 is 2.65 bits per heavy atom. The molecule has 26 heavy (non-hydrogen) atoms. The monoisotopic (exact) mass is 368 g/mol. The van der Waals surface area contributed by atoms with Gasteiger partial charge in [-0.1, -0.05) is 36.0 Å². The van der Waals surface area contributed by atoms with E-state index in [1.54, 1.807) is 22.8 Å². The second-order valence-electron chi connectivity index (χ2n) is 5.71. The van der Waals surface area contributed by atoms with Gasteiger partial charge in [-0.15, -0.1) is 0 Å². The summed E-state index contributed by atoms with van der Waals surface area (Å²) in [5.41, 5.74) is 1.25. The molecule has 0 amide bonds. The first-order valence-electron chi connectivity index (χ1n) is 8.47. The van der Waals surface area contributed by atoms with Crippen LogP contribution in [0.5, 0.6) is 5.75 Å². The molecule has 0 radical (unpaired) electrons. The average Bonchev–Trinajstić information content (AvgIpc) is 2.65. The fourth-order valence-corrected chi connectivity index (χ4v) is 3.58. The first-order chi connectivity index (χ1) is 12.6. The van der Waals surface area contributed by atoms with Gasteiger partial charge in [0.2, 0.25) is 0 Å². The molecule has 3 rings (SSSR count). The molecule has 0 fully saturated rings. The van der Waals surface area contributed by atoms with Crippen LogP contribution in [0, 0.1) is 0 Å². The third-order valence-corrected chi connectivity index (χ3v) is 4.92.